The molecule has 25 heavy (non-hydrogen) atoms. The molecule has 0 radical (unpaired) electrons. The van der Waals surface area contributed by atoms with E-state index in [2.05, 4.69) is 10.9 Å². The van der Waals surface area contributed by atoms with E-state index in [-0.39, 0.29) is 28.7 Å². The molecule has 134 valence electrons. The Morgan fingerprint density at radius 2 is 1.76 bits per heavy atom. The third kappa shape index (κ3) is 2.40. The minimum atomic E-state index is -0.796. The predicted octanol–water partition coefficient (Wildman–Crippen LogP) is 3.54. The Kier molecular flexibility index (Phi) is 4.16. The van der Waals surface area contributed by atoms with E-state index in [0.29, 0.717) is 17.9 Å². The van der Waals surface area contributed by atoms with Crippen molar-refractivity contribution in [3.05, 3.63) is 33.8 Å². The van der Waals surface area contributed by atoms with Crippen LogP contribution in [0.25, 0.3) is 0 Å². The molecule has 2 aliphatic rings. The van der Waals surface area contributed by atoms with Crippen LogP contribution in [-0.2, 0) is 9.59 Å². The number of hydrogen-bond acceptors (Lipinski definition) is 3. The number of carbonyl (C=O) groups excluding carboxylic acids is 3. The van der Waals surface area contributed by atoms with E-state index in [0.717, 1.165) is 0 Å². The van der Waals surface area contributed by atoms with Gasteiger partial charge in [-0.05, 0) is 36.5 Å². The first kappa shape index (κ1) is 18.2. The molecule has 2 aliphatic carbocycles. The van der Waals surface area contributed by atoms with Gasteiger partial charge in [0.05, 0.1) is 16.0 Å². The molecular weight excluding hydrogens is 363 g/mol. The van der Waals surface area contributed by atoms with Crippen molar-refractivity contribution in [1.29, 1.82) is 0 Å². The fraction of sp³-hybridized carbons (Fsp3) is 0.500. The number of amides is 2. The third-order valence-electron chi connectivity index (χ3n) is 6.61. The Balaban J connectivity index is 1.75. The summed E-state index contributed by atoms with van der Waals surface area (Å²) in [4.78, 5) is 37.6. The zero-order valence-electron chi connectivity index (χ0n) is 14.3. The molecule has 1 aromatic rings. The SMILES string of the molecule is CC12CCC(C(=O)NNC(=O)c3ccc(Cl)cc3Cl)(CC1=O)C2(C)C. The van der Waals surface area contributed by atoms with Gasteiger partial charge in [-0.2, -0.15) is 0 Å². The van der Waals surface area contributed by atoms with Gasteiger partial charge in [-0.3, -0.25) is 25.2 Å². The van der Waals surface area contributed by atoms with Crippen LogP contribution in [0.1, 0.15) is 50.4 Å². The summed E-state index contributed by atoms with van der Waals surface area (Å²) in [7, 11) is 0. The van der Waals surface area contributed by atoms with Crippen LogP contribution in [0.5, 0.6) is 0 Å². The van der Waals surface area contributed by atoms with Gasteiger partial charge in [0.2, 0.25) is 5.91 Å². The molecule has 2 N–H and O–H groups in total. The van der Waals surface area contributed by atoms with Crippen LogP contribution in [0, 0.1) is 16.2 Å². The summed E-state index contributed by atoms with van der Waals surface area (Å²) in [5, 5.41) is 0.614. The van der Waals surface area contributed by atoms with Gasteiger partial charge in [0.25, 0.3) is 5.91 Å². The van der Waals surface area contributed by atoms with Crippen molar-refractivity contribution in [3.8, 4) is 0 Å². The Labute approximate surface area is 156 Å². The number of carbonyl (C=O) groups is 3. The lowest BCUT2D eigenvalue weighted by molar-refractivity contribution is -0.137. The number of rotatable bonds is 2. The maximum absolute atomic E-state index is 12.9. The van der Waals surface area contributed by atoms with Gasteiger partial charge in [-0.25, -0.2) is 0 Å². The average Bonchev–Trinajstić information content (AvgIpc) is 2.82. The van der Waals surface area contributed by atoms with Crippen molar-refractivity contribution >= 4 is 40.8 Å². The summed E-state index contributed by atoms with van der Waals surface area (Å²) in [6, 6.07) is 4.49. The quantitative estimate of drug-likeness (QED) is 0.768. The fourth-order valence-corrected chi connectivity index (χ4v) is 4.83. The van der Waals surface area contributed by atoms with Crippen LogP contribution >= 0.6 is 23.2 Å². The van der Waals surface area contributed by atoms with Gasteiger partial charge in [0.1, 0.15) is 5.78 Å². The summed E-state index contributed by atoms with van der Waals surface area (Å²) < 4.78 is 0. The zero-order valence-corrected chi connectivity index (χ0v) is 15.8. The van der Waals surface area contributed by atoms with Gasteiger partial charge < -0.3 is 0 Å². The molecule has 0 aliphatic heterocycles. The topological polar surface area (TPSA) is 75.3 Å². The van der Waals surface area contributed by atoms with Crippen LogP contribution in [0.4, 0.5) is 0 Å². The highest BCUT2D eigenvalue weighted by atomic mass is 35.5. The second-order valence-corrected chi connectivity index (χ2v) is 8.52. The summed E-state index contributed by atoms with van der Waals surface area (Å²) in [6.07, 6.45) is 1.52. The van der Waals surface area contributed by atoms with Crippen molar-refractivity contribution in [2.75, 3.05) is 0 Å². The highest BCUT2D eigenvalue weighted by Crippen LogP contribution is 2.70. The lowest BCUT2D eigenvalue weighted by Crippen LogP contribution is -2.52. The van der Waals surface area contributed by atoms with E-state index < -0.39 is 22.2 Å². The van der Waals surface area contributed by atoms with Gasteiger partial charge in [0.15, 0.2) is 0 Å². The lowest BCUT2D eigenvalue weighted by atomic mass is 9.64. The molecule has 2 amide bonds. The van der Waals surface area contributed by atoms with E-state index in [9.17, 15) is 14.4 Å². The van der Waals surface area contributed by atoms with E-state index in [1.165, 1.54) is 12.1 Å². The molecule has 2 unspecified atom stereocenters. The first-order chi connectivity index (χ1) is 11.5. The van der Waals surface area contributed by atoms with Gasteiger partial charge in [-0.1, -0.05) is 44.0 Å². The molecular formula is C18H20Cl2N2O3. The number of hydrogen-bond donors (Lipinski definition) is 2. The summed E-state index contributed by atoms with van der Waals surface area (Å²) in [5.41, 5.74) is 3.35. The normalized spacial score (nSPS) is 29.6. The van der Waals surface area contributed by atoms with Crippen molar-refractivity contribution in [2.45, 2.75) is 40.0 Å². The first-order valence-corrected chi connectivity index (χ1v) is 8.90. The van der Waals surface area contributed by atoms with Crippen LogP contribution in [-0.4, -0.2) is 17.6 Å². The molecule has 0 saturated heterocycles. The average molecular weight is 383 g/mol. The van der Waals surface area contributed by atoms with E-state index in [1.54, 1.807) is 6.07 Å². The molecule has 5 nitrogen and oxygen atoms in total. The largest absolute Gasteiger partial charge is 0.299 e. The van der Waals surface area contributed by atoms with E-state index in [1.807, 2.05) is 20.8 Å². The number of Topliss-reactive ketones (excluding diaryl/α,β-unsaturated/α-hetero) is 1. The highest BCUT2D eigenvalue weighted by molar-refractivity contribution is 6.36. The van der Waals surface area contributed by atoms with Crippen molar-refractivity contribution < 1.29 is 14.4 Å². The second kappa shape index (κ2) is 5.71. The standard InChI is InChI=1S/C18H20Cl2N2O3/c1-16(2)17(3)6-7-18(16,9-13(17)23)15(25)22-21-14(24)11-5-4-10(19)8-12(11)20/h4-5,8H,6-7,9H2,1-3H3,(H,21,24)(H,22,25). The molecule has 2 saturated carbocycles. The zero-order chi connectivity index (χ0) is 18.6. The van der Waals surface area contributed by atoms with Crippen LogP contribution in [0.2, 0.25) is 10.0 Å². The minimum Gasteiger partial charge on any atom is -0.299 e. The maximum Gasteiger partial charge on any atom is 0.271 e. The second-order valence-electron chi connectivity index (χ2n) is 7.67. The number of benzene rings is 1. The predicted molar refractivity (Wildman–Crippen MR) is 95.2 cm³/mol. The van der Waals surface area contributed by atoms with Gasteiger partial charge in [-0.15, -0.1) is 0 Å². The van der Waals surface area contributed by atoms with Gasteiger partial charge >= 0.3 is 0 Å². The molecule has 2 bridgehead atoms. The summed E-state index contributed by atoms with van der Waals surface area (Å²) >= 11 is 11.8. The molecule has 3 rings (SSSR count). The monoisotopic (exact) mass is 382 g/mol. The molecule has 2 fully saturated rings. The molecule has 1 aromatic carbocycles. The molecule has 0 spiro atoms. The highest BCUT2D eigenvalue weighted by Gasteiger charge is 2.72. The van der Waals surface area contributed by atoms with Crippen LogP contribution in [0.15, 0.2) is 18.2 Å². The maximum atomic E-state index is 12.9. The molecule has 7 heteroatoms. The number of nitrogens with one attached hydrogen (secondary N) is 2. The van der Waals surface area contributed by atoms with Crippen molar-refractivity contribution in [3.63, 3.8) is 0 Å². The Hall–Kier alpha value is -1.59. The minimum absolute atomic E-state index is 0.117. The van der Waals surface area contributed by atoms with Crippen molar-refractivity contribution in [2.24, 2.45) is 16.2 Å². The summed E-state index contributed by atoms with van der Waals surface area (Å²) in [5.74, 6) is -0.745. The smallest absolute Gasteiger partial charge is 0.271 e. The number of halogens is 2. The third-order valence-corrected chi connectivity index (χ3v) is 7.15. The fourth-order valence-electron chi connectivity index (χ4n) is 4.33. The number of hydrazine groups is 1. The lowest BCUT2D eigenvalue weighted by Gasteiger charge is -2.38. The van der Waals surface area contributed by atoms with Gasteiger partial charge in [0, 0.05) is 16.9 Å². The number of fused-ring (bicyclic) bond motifs is 2. The number of ketones is 1. The Bertz CT molecular complexity index is 793. The Morgan fingerprint density at radius 3 is 2.28 bits per heavy atom. The van der Waals surface area contributed by atoms with Crippen LogP contribution in [0.3, 0.4) is 0 Å². The van der Waals surface area contributed by atoms with Crippen LogP contribution < -0.4 is 10.9 Å². The van der Waals surface area contributed by atoms with Crippen molar-refractivity contribution in [1.82, 2.24) is 10.9 Å². The van der Waals surface area contributed by atoms with E-state index in [4.69, 9.17) is 23.2 Å². The molecule has 0 aromatic heterocycles. The molecule has 2 atom stereocenters. The Morgan fingerprint density at radius 1 is 1.08 bits per heavy atom. The summed E-state index contributed by atoms with van der Waals surface area (Å²) in [6.45, 7) is 5.86. The first-order valence-electron chi connectivity index (χ1n) is 8.14. The molecule has 0 heterocycles. The van der Waals surface area contributed by atoms with E-state index >= 15 is 0 Å².